The molecule has 1 heterocycles. The Morgan fingerprint density at radius 1 is 1.04 bits per heavy atom. The molecule has 6 nitrogen and oxygen atoms in total. The van der Waals surface area contributed by atoms with Crippen LogP contribution in [0, 0.1) is 17.0 Å². The molecule has 148 valence electrons. The standard InChI is InChI=1S/C19H18F3N3O3/c1-13-2-4-14(5-3-13)18(26)24-10-8-23(9-11-24)16-7-6-15(19(20,21)22)12-17(16)25(27)28/h2-7,12H,8-11H2,1H3. The second kappa shape index (κ2) is 7.49. The number of benzene rings is 2. The highest BCUT2D eigenvalue weighted by atomic mass is 19.4. The summed E-state index contributed by atoms with van der Waals surface area (Å²) >= 11 is 0. The summed E-state index contributed by atoms with van der Waals surface area (Å²) < 4.78 is 38.6. The number of halogens is 3. The number of piperazine rings is 1. The zero-order valence-electron chi connectivity index (χ0n) is 15.1. The first-order valence-corrected chi connectivity index (χ1v) is 8.63. The third kappa shape index (κ3) is 4.08. The van der Waals surface area contributed by atoms with Gasteiger partial charge in [0.1, 0.15) is 5.69 Å². The van der Waals surface area contributed by atoms with Gasteiger partial charge in [-0.2, -0.15) is 13.2 Å². The molecule has 1 aliphatic heterocycles. The van der Waals surface area contributed by atoms with E-state index in [0.717, 1.165) is 17.7 Å². The third-order valence-corrected chi connectivity index (χ3v) is 4.71. The fraction of sp³-hybridized carbons (Fsp3) is 0.316. The predicted octanol–water partition coefficient (Wildman–Crippen LogP) is 3.88. The minimum Gasteiger partial charge on any atom is -0.362 e. The molecular weight excluding hydrogens is 375 g/mol. The van der Waals surface area contributed by atoms with Crippen LogP contribution in [0.25, 0.3) is 0 Å². The van der Waals surface area contributed by atoms with E-state index in [0.29, 0.717) is 37.8 Å². The van der Waals surface area contributed by atoms with E-state index in [4.69, 9.17) is 0 Å². The van der Waals surface area contributed by atoms with Gasteiger partial charge in [-0.25, -0.2) is 0 Å². The maximum atomic E-state index is 12.9. The lowest BCUT2D eigenvalue weighted by molar-refractivity contribution is -0.384. The molecule has 1 aliphatic rings. The molecule has 0 saturated carbocycles. The molecule has 0 radical (unpaired) electrons. The summed E-state index contributed by atoms with van der Waals surface area (Å²) in [5, 5.41) is 11.3. The van der Waals surface area contributed by atoms with E-state index >= 15 is 0 Å². The van der Waals surface area contributed by atoms with Gasteiger partial charge in [0.15, 0.2) is 0 Å². The first-order valence-electron chi connectivity index (χ1n) is 8.63. The average molecular weight is 393 g/mol. The van der Waals surface area contributed by atoms with Crippen LogP contribution in [0.2, 0.25) is 0 Å². The largest absolute Gasteiger partial charge is 0.416 e. The van der Waals surface area contributed by atoms with Crippen molar-refractivity contribution in [2.75, 3.05) is 31.1 Å². The molecule has 0 aromatic heterocycles. The van der Waals surface area contributed by atoms with Crippen molar-refractivity contribution in [3.05, 3.63) is 69.3 Å². The first kappa shape index (κ1) is 19.7. The summed E-state index contributed by atoms with van der Waals surface area (Å²) in [6.07, 6.45) is -4.65. The topological polar surface area (TPSA) is 66.7 Å². The van der Waals surface area contributed by atoms with Gasteiger partial charge in [-0.3, -0.25) is 14.9 Å². The Labute approximate surface area is 159 Å². The number of hydrogen-bond acceptors (Lipinski definition) is 4. The number of amides is 1. The lowest BCUT2D eigenvalue weighted by Crippen LogP contribution is -2.49. The predicted molar refractivity (Wildman–Crippen MR) is 97.4 cm³/mol. The highest BCUT2D eigenvalue weighted by Gasteiger charge is 2.34. The molecule has 2 aromatic rings. The molecule has 0 N–H and O–H groups in total. The maximum Gasteiger partial charge on any atom is 0.416 e. The molecule has 1 amide bonds. The van der Waals surface area contributed by atoms with E-state index in [1.165, 1.54) is 0 Å². The Hall–Kier alpha value is -3.10. The van der Waals surface area contributed by atoms with Crippen molar-refractivity contribution in [3.63, 3.8) is 0 Å². The SMILES string of the molecule is Cc1ccc(C(=O)N2CCN(c3ccc(C(F)(F)F)cc3[N+](=O)[O-])CC2)cc1. The van der Waals surface area contributed by atoms with Gasteiger partial charge in [-0.05, 0) is 31.2 Å². The molecule has 2 aromatic carbocycles. The van der Waals surface area contributed by atoms with Crippen molar-refractivity contribution >= 4 is 17.3 Å². The number of carbonyl (C=O) groups excluding carboxylic acids is 1. The van der Waals surface area contributed by atoms with Crippen molar-refractivity contribution in [1.82, 2.24) is 4.90 Å². The molecule has 3 rings (SSSR count). The van der Waals surface area contributed by atoms with Crippen molar-refractivity contribution in [2.24, 2.45) is 0 Å². The van der Waals surface area contributed by atoms with Gasteiger partial charge in [-0.15, -0.1) is 0 Å². The number of aryl methyl sites for hydroxylation is 1. The van der Waals surface area contributed by atoms with Crippen LogP contribution >= 0.6 is 0 Å². The van der Waals surface area contributed by atoms with Crippen LogP contribution in [0.1, 0.15) is 21.5 Å². The minimum absolute atomic E-state index is 0.125. The summed E-state index contributed by atoms with van der Waals surface area (Å²) in [6.45, 7) is 3.16. The van der Waals surface area contributed by atoms with Gasteiger partial charge < -0.3 is 9.80 Å². The molecule has 9 heteroatoms. The van der Waals surface area contributed by atoms with E-state index in [-0.39, 0.29) is 11.6 Å². The van der Waals surface area contributed by atoms with Gasteiger partial charge in [0.2, 0.25) is 0 Å². The van der Waals surface area contributed by atoms with E-state index < -0.39 is 22.4 Å². The molecule has 0 spiro atoms. The molecule has 0 aliphatic carbocycles. The molecule has 28 heavy (non-hydrogen) atoms. The van der Waals surface area contributed by atoms with Gasteiger partial charge in [-0.1, -0.05) is 17.7 Å². The highest BCUT2D eigenvalue weighted by molar-refractivity contribution is 5.94. The summed E-state index contributed by atoms with van der Waals surface area (Å²) in [6, 6.07) is 9.68. The molecule has 0 bridgehead atoms. The van der Waals surface area contributed by atoms with Gasteiger partial charge in [0.25, 0.3) is 11.6 Å². The Morgan fingerprint density at radius 3 is 2.18 bits per heavy atom. The second-order valence-corrected chi connectivity index (χ2v) is 6.60. The van der Waals surface area contributed by atoms with Crippen molar-refractivity contribution in [3.8, 4) is 0 Å². The number of nitrogens with zero attached hydrogens (tertiary/aromatic N) is 3. The van der Waals surface area contributed by atoms with Crippen LogP contribution in [0.3, 0.4) is 0 Å². The van der Waals surface area contributed by atoms with Crippen LogP contribution in [0.15, 0.2) is 42.5 Å². The number of rotatable bonds is 3. The number of alkyl halides is 3. The van der Waals surface area contributed by atoms with E-state index in [2.05, 4.69) is 0 Å². The number of nitro benzene ring substituents is 1. The van der Waals surface area contributed by atoms with Crippen molar-refractivity contribution in [1.29, 1.82) is 0 Å². The fourth-order valence-electron chi connectivity index (χ4n) is 3.14. The third-order valence-electron chi connectivity index (χ3n) is 4.71. The van der Waals surface area contributed by atoms with Crippen LogP contribution in [-0.4, -0.2) is 41.9 Å². The quantitative estimate of drug-likeness (QED) is 0.586. The normalized spacial score (nSPS) is 14.9. The van der Waals surface area contributed by atoms with Crippen LogP contribution in [-0.2, 0) is 6.18 Å². The number of carbonyl (C=O) groups is 1. The fourth-order valence-corrected chi connectivity index (χ4v) is 3.14. The Bertz CT molecular complexity index is 890. The summed E-state index contributed by atoms with van der Waals surface area (Å²) in [7, 11) is 0. The molecule has 0 atom stereocenters. The number of anilines is 1. The average Bonchev–Trinajstić information content (AvgIpc) is 2.67. The summed E-state index contributed by atoms with van der Waals surface area (Å²) in [5.74, 6) is -0.137. The van der Waals surface area contributed by atoms with Crippen LogP contribution in [0.4, 0.5) is 24.5 Å². The van der Waals surface area contributed by atoms with E-state index in [1.54, 1.807) is 21.9 Å². The molecule has 1 fully saturated rings. The van der Waals surface area contributed by atoms with Gasteiger partial charge >= 0.3 is 6.18 Å². The minimum atomic E-state index is -4.65. The molecular formula is C19H18F3N3O3. The van der Waals surface area contributed by atoms with Crippen molar-refractivity contribution in [2.45, 2.75) is 13.1 Å². The smallest absolute Gasteiger partial charge is 0.362 e. The number of nitro groups is 1. The summed E-state index contributed by atoms with van der Waals surface area (Å²) in [4.78, 5) is 26.3. The Morgan fingerprint density at radius 2 is 1.64 bits per heavy atom. The van der Waals surface area contributed by atoms with Crippen LogP contribution in [0.5, 0.6) is 0 Å². The lowest BCUT2D eigenvalue weighted by Gasteiger charge is -2.36. The highest BCUT2D eigenvalue weighted by Crippen LogP contribution is 2.36. The van der Waals surface area contributed by atoms with Gasteiger partial charge in [0, 0.05) is 37.8 Å². The van der Waals surface area contributed by atoms with Crippen molar-refractivity contribution < 1.29 is 22.9 Å². The zero-order valence-corrected chi connectivity index (χ0v) is 15.1. The molecule has 0 unspecified atom stereocenters. The zero-order chi connectivity index (χ0) is 20.5. The van der Waals surface area contributed by atoms with Gasteiger partial charge in [0.05, 0.1) is 10.5 Å². The van der Waals surface area contributed by atoms with E-state index in [9.17, 15) is 28.1 Å². The Kier molecular flexibility index (Phi) is 5.26. The monoisotopic (exact) mass is 393 g/mol. The Balaban J connectivity index is 1.75. The first-order chi connectivity index (χ1) is 13.2. The second-order valence-electron chi connectivity index (χ2n) is 6.60. The number of hydrogen-bond donors (Lipinski definition) is 0. The summed E-state index contributed by atoms with van der Waals surface area (Å²) in [5.41, 5.74) is 0.0697. The lowest BCUT2D eigenvalue weighted by atomic mass is 10.1. The maximum absolute atomic E-state index is 12.9. The van der Waals surface area contributed by atoms with Crippen LogP contribution < -0.4 is 4.90 Å². The van der Waals surface area contributed by atoms with E-state index in [1.807, 2.05) is 19.1 Å². The molecule has 1 saturated heterocycles.